The fourth-order valence-electron chi connectivity index (χ4n) is 4.44. The van der Waals surface area contributed by atoms with Gasteiger partial charge in [-0.2, -0.15) is 0 Å². The maximum atomic E-state index is 13.1. The van der Waals surface area contributed by atoms with Crippen molar-refractivity contribution in [1.29, 1.82) is 0 Å². The van der Waals surface area contributed by atoms with Crippen LogP contribution in [0, 0.1) is 0 Å². The van der Waals surface area contributed by atoms with Crippen LogP contribution in [0.15, 0.2) is 83.4 Å². The van der Waals surface area contributed by atoms with Crippen molar-refractivity contribution in [3.05, 3.63) is 94.5 Å². The van der Waals surface area contributed by atoms with Crippen LogP contribution in [-0.2, 0) is 16.1 Å². The SMILES string of the molecule is C=C(OCc1ccccc1)C1=C(C)NC2=C(C(=O)CCC2)C1c1ccc(OC)c(OCl)c1. The topological polar surface area (TPSA) is 56.8 Å². The molecule has 4 rings (SSSR count). The highest BCUT2D eigenvalue weighted by atomic mass is 35.5. The number of hydrogen-bond acceptors (Lipinski definition) is 5. The third-order valence-corrected chi connectivity index (χ3v) is 6.10. The minimum absolute atomic E-state index is 0.133. The molecule has 1 aliphatic carbocycles. The number of hydrogen-bond donors (Lipinski definition) is 1. The first kappa shape index (κ1) is 22.0. The number of allylic oxidation sites excluding steroid dienone is 4. The predicted octanol–water partition coefficient (Wildman–Crippen LogP) is 5.93. The average molecular weight is 452 g/mol. The molecule has 1 atom stereocenters. The molecule has 166 valence electrons. The van der Waals surface area contributed by atoms with E-state index in [0.29, 0.717) is 30.3 Å². The van der Waals surface area contributed by atoms with Gasteiger partial charge in [-0.15, -0.1) is 0 Å². The molecule has 0 saturated carbocycles. The van der Waals surface area contributed by atoms with Gasteiger partial charge in [0, 0.05) is 34.9 Å². The van der Waals surface area contributed by atoms with Crippen LogP contribution in [0.25, 0.3) is 0 Å². The Kier molecular flexibility index (Phi) is 6.56. The summed E-state index contributed by atoms with van der Waals surface area (Å²) in [6.07, 6.45) is 2.19. The molecular formula is C26H26ClNO4. The van der Waals surface area contributed by atoms with Crippen LogP contribution in [0.2, 0.25) is 0 Å². The van der Waals surface area contributed by atoms with E-state index in [1.54, 1.807) is 13.2 Å². The van der Waals surface area contributed by atoms with Gasteiger partial charge in [0.1, 0.15) is 24.2 Å². The summed E-state index contributed by atoms with van der Waals surface area (Å²) in [5.74, 6) is 1.23. The van der Waals surface area contributed by atoms with Crippen LogP contribution in [0.3, 0.4) is 0 Å². The third-order valence-electron chi connectivity index (χ3n) is 5.94. The normalized spacial score (nSPS) is 18.1. The van der Waals surface area contributed by atoms with E-state index in [9.17, 15) is 4.79 Å². The van der Waals surface area contributed by atoms with E-state index in [0.717, 1.165) is 46.5 Å². The molecule has 0 bridgehead atoms. The van der Waals surface area contributed by atoms with Crippen molar-refractivity contribution in [1.82, 2.24) is 5.32 Å². The highest BCUT2D eigenvalue weighted by molar-refractivity contribution is 6.09. The molecule has 1 aliphatic heterocycles. The van der Waals surface area contributed by atoms with Crippen LogP contribution >= 0.6 is 11.9 Å². The van der Waals surface area contributed by atoms with Crippen LogP contribution in [0.4, 0.5) is 0 Å². The number of halogens is 1. The Bertz CT molecular complexity index is 1100. The summed E-state index contributed by atoms with van der Waals surface area (Å²) >= 11 is 5.71. The quantitative estimate of drug-likeness (QED) is 0.529. The van der Waals surface area contributed by atoms with Crippen molar-refractivity contribution in [3.63, 3.8) is 0 Å². The summed E-state index contributed by atoms with van der Waals surface area (Å²) < 4.78 is 16.5. The number of ketones is 1. The first-order chi connectivity index (χ1) is 15.5. The van der Waals surface area contributed by atoms with Crippen LogP contribution in [0.1, 0.15) is 43.2 Å². The molecule has 0 saturated heterocycles. The highest BCUT2D eigenvalue weighted by Crippen LogP contribution is 2.46. The van der Waals surface area contributed by atoms with Crippen molar-refractivity contribution < 1.29 is 18.6 Å². The number of Topliss-reactive ketones (excluding diaryl/α,β-unsaturated/α-hetero) is 1. The molecule has 0 amide bonds. The van der Waals surface area contributed by atoms with E-state index >= 15 is 0 Å². The molecule has 1 N–H and O–H groups in total. The fraction of sp³-hybridized carbons (Fsp3) is 0.269. The van der Waals surface area contributed by atoms with Crippen molar-refractivity contribution in [2.24, 2.45) is 0 Å². The van der Waals surface area contributed by atoms with Crippen LogP contribution in [0.5, 0.6) is 11.5 Å². The Balaban J connectivity index is 1.75. The minimum atomic E-state index is -0.334. The maximum absolute atomic E-state index is 13.1. The monoisotopic (exact) mass is 451 g/mol. The lowest BCUT2D eigenvalue weighted by molar-refractivity contribution is -0.116. The number of dihydropyridines is 1. The van der Waals surface area contributed by atoms with Crippen molar-refractivity contribution in [2.75, 3.05) is 7.11 Å². The number of carbonyl (C=O) groups excluding carboxylic acids is 1. The number of benzene rings is 2. The first-order valence-corrected chi connectivity index (χ1v) is 10.9. The molecule has 2 aromatic carbocycles. The van der Waals surface area contributed by atoms with Gasteiger partial charge in [0.2, 0.25) is 0 Å². The van der Waals surface area contributed by atoms with Gasteiger partial charge >= 0.3 is 0 Å². The van der Waals surface area contributed by atoms with E-state index in [1.807, 2.05) is 49.4 Å². The molecule has 2 aromatic rings. The van der Waals surface area contributed by atoms with Gasteiger partial charge in [-0.25, -0.2) is 0 Å². The van der Waals surface area contributed by atoms with Crippen molar-refractivity contribution in [3.8, 4) is 11.5 Å². The zero-order valence-corrected chi connectivity index (χ0v) is 19.0. The van der Waals surface area contributed by atoms with Crippen molar-refractivity contribution >= 4 is 17.6 Å². The van der Waals surface area contributed by atoms with Gasteiger partial charge in [-0.1, -0.05) is 43.0 Å². The Hall–Kier alpha value is -3.18. The van der Waals surface area contributed by atoms with Gasteiger partial charge in [0.05, 0.1) is 7.11 Å². The predicted molar refractivity (Wildman–Crippen MR) is 124 cm³/mol. The lowest BCUT2D eigenvalue weighted by atomic mass is 9.75. The Morgan fingerprint density at radius 1 is 1.16 bits per heavy atom. The Labute approximate surface area is 193 Å². The molecule has 0 aromatic heterocycles. The lowest BCUT2D eigenvalue weighted by Gasteiger charge is -2.35. The van der Waals surface area contributed by atoms with Gasteiger partial charge in [0.25, 0.3) is 0 Å². The van der Waals surface area contributed by atoms with E-state index in [2.05, 4.69) is 11.9 Å². The summed E-state index contributed by atoms with van der Waals surface area (Å²) in [7, 11) is 1.55. The van der Waals surface area contributed by atoms with Gasteiger partial charge < -0.3 is 19.1 Å². The van der Waals surface area contributed by atoms with Crippen LogP contribution in [-0.4, -0.2) is 12.9 Å². The number of rotatable bonds is 7. The number of ether oxygens (including phenoxy) is 2. The molecule has 2 aliphatic rings. The van der Waals surface area contributed by atoms with Crippen molar-refractivity contribution in [2.45, 2.75) is 38.7 Å². The molecule has 0 spiro atoms. The van der Waals surface area contributed by atoms with Gasteiger partial charge in [-0.05, 0) is 43.0 Å². The molecule has 0 radical (unpaired) electrons. The highest BCUT2D eigenvalue weighted by Gasteiger charge is 2.37. The standard InChI is InChI=1S/C26H26ClNO4/c1-16-24(17(2)31-15-18-8-5-4-6-9-18)25(26-20(28-16)10-7-11-21(26)29)19-12-13-22(30-3)23(14-19)32-27/h4-6,8-9,12-14,25,28H,2,7,10-11,15H2,1,3H3. The molecular weight excluding hydrogens is 426 g/mol. The second-order valence-corrected chi connectivity index (χ2v) is 8.10. The second kappa shape index (κ2) is 9.53. The van der Waals surface area contributed by atoms with Gasteiger partial charge in [-0.3, -0.25) is 4.79 Å². The lowest BCUT2D eigenvalue weighted by Crippen LogP contribution is -2.32. The van der Waals surface area contributed by atoms with E-state index in [-0.39, 0.29) is 11.7 Å². The molecule has 1 unspecified atom stereocenters. The summed E-state index contributed by atoms with van der Waals surface area (Å²) in [6, 6.07) is 15.5. The third kappa shape index (κ3) is 4.26. The van der Waals surface area contributed by atoms with E-state index in [1.165, 1.54) is 0 Å². The Morgan fingerprint density at radius 3 is 2.66 bits per heavy atom. The molecule has 32 heavy (non-hydrogen) atoms. The zero-order chi connectivity index (χ0) is 22.7. The van der Waals surface area contributed by atoms with Crippen LogP contribution < -0.4 is 14.3 Å². The smallest absolute Gasteiger partial charge is 0.188 e. The summed E-state index contributed by atoms with van der Waals surface area (Å²) in [4.78, 5) is 13.1. The minimum Gasteiger partial charge on any atom is -0.493 e. The fourth-order valence-corrected chi connectivity index (χ4v) is 4.56. The first-order valence-electron chi connectivity index (χ1n) is 10.6. The number of carbonyl (C=O) groups is 1. The second-order valence-electron chi connectivity index (χ2n) is 7.95. The average Bonchev–Trinajstić information content (AvgIpc) is 2.82. The summed E-state index contributed by atoms with van der Waals surface area (Å²) in [6.45, 7) is 6.60. The molecule has 1 heterocycles. The van der Waals surface area contributed by atoms with Gasteiger partial charge in [0.15, 0.2) is 17.3 Å². The number of nitrogens with one attached hydrogen (secondary N) is 1. The Morgan fingerprint density at radius 2 is 1.94 bits per heavy atom. The largest absolute Gasteiger partial charge is 0.493 e. The maximum Gasteiger partial charge on any atom is 0.188 e. The molecule has 5 nitrogen and oxygen atoms in total. The van der Waals surface area contributed by atoms with E-state index < -0.39 is 0 Å². The number of methoxy groups -OCH3 is 1. The zero-order valence-electron chi connectivity index (χ0n) is 18.2. The molecule has 6 heteroatoms. The van der Waals surface area contributed by atoms with E-state index in [4.69, 9.17) is 25.6 Å². The summed E-state index contributed by atoms with van der Waals surface area (Å²) in [5.41, 5.74) is 5.40. The molecule has 0 fully saturated rings. The summed E-state index contributed by atoms with van der Waals surface area (Å²) in [5, 5.41) is 3.44.